The Morgan fingerprint density at radius 2 is 1.92 bits per heavy atom. The molecule has 0 radical (unpaired) electrons. The summed E-state index contributed by atoms with van der Waals surface area (Å²) >= 11 is 0. The zero-order valence-electron chi connectivity index (χ0n) is 17.7. The van der Waals surface area contributed by atoms with E-state index in [1.54, 1.807) is 0 Å². The summed E-state index contributed by atoms with van der Waals surface area (Å²) in [5, 5.41) is 3.25. The lowest BCUT2D eigenvalue weighted by molar-refractivity contribution is -0.139. The smallest absolute Gasteiger partial charge is 0.248 e. The zero-order valence-corrected chi connectivity index (χ0v) is 17.7. The fourth-order valence-corrected chi connectivity index (χ4v) is 5.66. The van der Waals surface area contributed by atoms with Gasteiger partial charge in [-0.25, -0.2) is 0 Å². The molecule has 4 bridgehead atoms. The molecule has 1 saturated heterocycles. The van der Waals surface area contributed by atoms with Crippen LogP contribution in [0.5, 0.6) is 0 Å². The average molecular weight is 362 g/mol. The number of amides is 1. The number of carbonyl (C=O) groups is 1. The Kier molecular flexibility index (Phi) is 5.81. The third-order valence-corrected chi connectivity index (χ3v) is 6.61. The molecular formula is C22H39N3O. The summed E-state index contributed by atoms with van der Waals surface area (Å²) in [5.41, 5.74) is -0.529. The standard InChI is InChI=1S/C22H39N3O/c1-14(2)9-19-20-18-12-24-22(19,21(26)23-11-15(3)4)10-17(18)7-8-25(20)13-16(5)6/h12,14-20H,7-11,13H2,1-6H3,(H,23,26). The Morgan fingerprint density at radius 3 is 2.54 bits per heavy atom. The molecule has 4 nitrogen and oxygen atoms in total. The lowest BCUT2D eigenvalue weighted by atomic mass is 9.54. The van der Waals surface area contributed by atoms with Gasteiger partial charge in [0.1, 0.15) is 5.54 Å². The molecule has 148 valence electrons. The van der Waals surface area contributed by atoms with Crippen molar-refractivity contribution < 1.29 is 4.79 Å². The second-order valence-electron chi connectivity index (χ2n) is 10.3. The van der Waals surface area contributed by atoms with E-state index in [2.05, 4.69) is 58.0 Å². The first kappa shape index (κ1) is 19.9. The number of likely N-dealkylation sites (tertiary alicyclic amines) is 1. The van der Waals surface area contributed by atoms with Gasteiger partial charge in [0, 0.05) is 37.2 Å². The number of aliphatic imine (C=N–C) groups is 1. The van der Waals surface area contributed by atoms with Crippen LogP contribution in [0.1, 0.15) is 60.8 Å². The molecule has 5 atom stereocenters. The minimum atomic E-state index is -0.529. The van der Waals surface area contributed by atoms with Crippen molar-refractivity contribution in [3.8, 4) is 0 Å². The summed E-state index contributed by atoms with van der Waals surface area (Å²) in [6.45, 7) is 16.6. The molecule has 0 spiro atoms. The van der Waals surface area contributed by atoms with Crippen LogP contribution < -0.4 is 5.32 Å². The summed E-state index contributed by atoms with van der Waals surface area (Å²) in [7, 11) is 0. The molecule has 2 fully saturated rings. The van der Waals surface area contributed by atoms with Crippen LogP contribution in [-0.4, -0.2) is 48.2 Å². The van der Waals surface area contributed by atoms with Crippen molar-refractivity contribution in [3.63, 3.8) is 0 Å². The van der Waals surface area contributed by atoms with Gasteiger partial charge in [-0.2, -0.15) is 0 Å². The van der Waals surface area contributed by atoms with Crippen molar-refractivity contribution in [2.45, 2.75) is 72.4 Å². The van der Waals surface area contributed by atoms with Crippen LogP contribution in [0.15, 0.2) is 4.99 Å². The van der Waals surface area contributed by atoms with Gasteiger partial charge in [0.2, 0.25) is 5.91 Å². The summed E-state index contributed by atoms with van der Waals surface area (Å²) in [4.78, 5) is 21.1. The monoisotopic (exact) mass is 361 g/mol. The maximum Gasteiger partial charge on any atom is 0.248 e. The van der Waals surface area contributed by atoms with Gasteiger partial charge in [-0.15, -0.1) is 0 Å². The van der Waals surface area contributed by atoms with Gasteiger partial charge in [0.25, 0.3) is 0 Å². The van der Waals surface area contributed by atoms with Crippen LogP contribution in [-0.2, 0) is 4.79 Å². The van der Waals surface area contributed by atoms with Gasteiger partial charge in [0.05, 0.1) is 0 Å². The van der Waals surface area contributed by atoms with Gasteiger partial charge in [0.15, 0.2) is 0 Å². The number of rotatable bonds is 7. The van der Waals surface area contributed by atoms with Crippen molar-refractivity contribution >= 4 is 12.1 Å². The normalized spacial score (nSPS) is 36.3. The molecule has 1 aliphatic carbocycles. The fourth-order valence-electron chi connectivity index (χ4n) is 5.66. The minimum Gasteiger partial charge on any atom is -0.354 e. The molecule has 4 rings (SSSR count). The van der Waals surface area contributed by atoms with Gasteiger partial charge in [-0.05, 0) is 49.5 Å². The molecule has 26 heavy (non-hydrogen) atoms. The predicted octanol–water partition coefficient (Wildman–Crippen LogP) is 3.61. The first-order valence-electron chi connectivity index (χ1n) is 10.8. The molecule has 3 aliphatic heterocycles. The van der Waals surface area contributed by atoms with E-state index in [4.69, 9.17) is 4.99 Å². The fraction of sp³-hybridized carbons (Fsp3) is 0.909. The highest BCUT2D eigenvalue weighted by atomic mass is 16.2. The van der Waals surface area contributed by atoms with Crippen LogP contribution >= 0.6 is 0 Å². The van der Waals surface area contributed by atoms with Crippen molar-refractivity contribution in [1.82, 2.24) is 10.2 Å². The molecule has 3 heterocycles. The quantitative estimate of drug-likeness (QED) is 0.753. The van der Waals surface area contributed by atoms with E-state index in [-0.39, 0.29) is 5.91 Å². The van der Waals surface area contributed by atoms with E-state index in [0.29, 0.717) is 41.5 Å². The van der Waals surface area contributed by atoms with E-state index >= 15 is 0 Å². The molecular weight excluding hydrogens is 322 g/mol. The van der Waals surface area contributed by atoms with Crippen molar-refractivity contribution in [2.24, 2.45) is 40.5 Å². The Bertz CT molecular complexity index is 542. The number of hydrogen-bond donors (Lipinski definition) is 1. The Labute approximate surface area is 160 Å². The van der Waals surface area contributed by atoms with E-state index < -0.39 is 5.54 Å². The van der Waals surface area contributed by atoms with Crippen LogP contribution in [0.4, 0.5) is 0 Å². The second kappa shape index (κ2) is 7.61. The molecule has 1 N–H and O–H groups in total. The molecule has 4 aliphatic rings. The summed E-state index contributed by atoms with van der Waals surface area (Å²) in [6, 6.07) is 0.495. The van der Waals surface area contributed by atoms with Crippen molar-refractivity contribution in [3.05, 3.63) is 0 Å². The van der Waals surface area contributed by atoms with Gasteiger partial charge < -0.3 is 5.32 Å². The maximum absolute atomic E-state index is 13.4. The van der Waals surface area contributed by atoms with Crippen LogP contribution in [0, 0.1) is 35.5 Å². The van der Waals surface area contributed by atoms with Crippen molar-refractivity contribution in [2.75, 3.05) is 19.6 Å². The third kappa shape index (κ3) is 3.58. The SMILES string of the molecule is CC(C)CNC(=O)C12CC3CCN(CC(C)C)C(C3C=N1)C2CC(C)C. The summed E-state index contributed by atoms with van der Waals surface area (Å²) < 4.78 is 0. The van der Waals surface area contributed by atoms with Crippen LogP contribution in [0.25, 0.3) is 0 Å². The second-order valence-corrected chi connectivity index (χ2v) is 10.3. The zero-order chi connectivity index (χ0) is 19.1. The number of nitrogens with one attached hydrogen (secondary N) is 1. The van der Waals surface area contributed by atoms with E-state index in [1.807, 2.05) is 0 Å². The van der Waals surface area contributed by atoms with Crippen LogP contribution in [0.3, 0.4) is 0 Å². The molecule has 0 aromatic carbocycles. The maximum atomic E-state index is 13.4. The number of nitrogens with zero attached hydrogens (tertiary/aromatic N) is 2. The Balaban J connectivity index is 1.93. The topological polar surface area (TPSA) is 44.7 Å². The van der Waals surface area contributed by atoms with Gasteiger partial charge in [-0.3, -0.25) is 14.7 Å². The summed E-state index contributed by atoms with van der Waals surface area (Å²) in [5.74, 6) is 3.44. The largest absolute Gasteiger partial charge is 0.354 e. The minimum absolute atomic E-state index is 0.188. The highest BCUT2D eigenvalue weighted by Gasteiger charge is 2.61. The Morgan fingerprint density at radius 1 is 1.19 bits per heavy atom. The first-order chi connectivity index (χ1) is 12.2. The first-order valence-corrected chi connectivity index (χ1v) is 10.8. The number of hydrogen-bond acceptors (Lipinski definition) is 3. The number of carbonyl (C=O) groups excluding carboxylic acids is 1. The Hall–Kier alpha value is -0.900. The number of piperidine rings is 1. The lowest BCUT2D eigenvalue weighted by Gasteiger charge is -2.60. The molecule has 1 saturated carbocycles. The van der Waals surface area contributed by atoms with Crippen molar-refractivity contribution in [1.29, 1.82) is 0 Å². The van der Waals surface area contributed by atoms with Gasteiger partial charge in [-0.1, -0.05) is 41.5 Å². The van der Waals surface area contributed by atoms with E-state index in [1.165, 1.54) is 13.0 Å². The average Bonchev–Trinajstić information content (AvgIpc) is 2.56. The molecule has 0 aromatic rings. The molecule has 4 heteroatoms. The van der Waals surface area contributed by atoms with Crippen LogP contribution in [0.2, 0.25) is 0 Å². The van der Waals surface area contributed by atoms with E-state index in [9.17, 15) is 4.79 Å². The predicted molar refractivity (Wildman–Crippen MR) is 108 cm³/mol. The van der Waals surface area contributed by atoms with E-state index in [0.717, 1.165) is 25.9 Å². The van der Waals surface area contributed by atoms with Gasteiger partial charge >= 0.3 is 0 Å². The molecule has 1 amide bonds. The summed E-state index contributed by atoms with van der Waals surface area (Å²) in [6.07, 6.45) is 5.45. The molecule has 0 aromatic heterocycles. The third-order valence-electron chi connectivity index (χ3n) is 6.61. The molecule has 5 unspecified atom stereocenters. The highest BCUT2D eigenvalue weighted by molar-refractivity contribution is 5.91. The lowest BCUT2D eigenvalue weighted by Crippen LogP contribution is -2.70. The highest BCUT2D eigenvalue weighted by Crippen LogP contribution is 2.53.